The van der Waals surface area contributed by atoms with E-state index < -0.39 is 0 Å². The lowest BCUT2D eigenvalue weighted by atomic mass is 10.00. The summed E-state index contributed by atoms with van der Waals surface area (Å²) in [6, 6.07) is 7.53. The molecule has 0 amide bonds. The van der Waals surface area contributed by atoms with E-state index in [0.29, 0.717) is 17.2 Å². The predicted octanol–water partition coefficient (Wildman–Crippen LogP) is 1.50. The van der Waals surface area contributed by atoms with E-state index in [1.807, 2.05) is 51.2 Å². The van der Waals surface area contributed by atoms with Gasteiger partial charge in [0.15, 0.2) is 5.96 Å². The molecule has 0 unspecified atom stereocenters. The number of aliphatic imine (C=N–C) groups is 1. The highest BCUT2D eigenvalue weighted by molar-refractivity contribution is 5.80. The third-order valence-electron chi connectivity index (χ3n) is 4.06. The number of benzene rings is 1. The molecule has 1 heterocycles. The van der Waals surface area contributed by atoms with Crippen molar-refractivity contribution in [2.75, 3.05) is 0 Å². The minimum absolute atomic E-state index is 0.00725. The Labute approximate surface area is 148 Å². The van der Waals surface area contributed by atoms with Gasteiger partial charge in [-0.2, -0.15) is 0 Å². The molecule has 0 aliphatic rings. The number of nitrogens with zero attached hydrogens (tertiary/aromatic N) is 2. The summed E-state index contributed by atoms with van der Waals surface area (Å²) in [5.41, 5.74) is 14.0. The number of guanidine groups is 1. The average molecular weight is 338 g/mol. The third kappa shape index (κ3) is 3.99. The van der Waals surface area contributed by atoms with Gasteiger partial charge in [0.1, 0.15) is 0 Å². The van der Waals surface area contributed by atoms with Gasteiger partial charge in [-0.15, -0.1) is 0 Å². The molecule has 1 aromatic heterocycles. The fourth-order valence-corrected chi connectivity index (χ4v) is 2.84. The van der Waals surface area contributed by atoms with Crippen LogP contribution in [0.4, 0.5) is 5.69 Å². The molecule has 132 valence electrons. The predicted molar refractivity (Wildman–Crippen MR) is 106 cm³/mol. The minimum atomic E-state index is -0.0394. The maximum Gasteiger partial charge on any atom is 0.258 e. The van der Waals surface area contributed by atoms with Crippen LogP contribution in [0, 0.1) is 12.8 Å². The van der Waals surface area contributed by atoms with Crippen LogP contribution in [0.2, 0.25) is 0 Å². The zero-order valence-corrected chi connectivity index (χ0v) is 15.5. The van der Waals surface area contributed by atoms with E-state index in [9.17, 15) is 4.79 Å². The molecule has 1 aromatic carbocycles. The molecule has 0 bridgehead atoms. The SMILES string of the molecule is C/C=c1/cc(-c2cc(N=C(N)N)ccc2C)c(=O)n(C)/c1=C/C(C)C. The highest BCUT2D eigenvalue weighted by Gasteiger charge is 2.10. The van der Waals surface area contributed by atoms with Crippen molar-refractivity contribution in [1.82, 2.24) is 4.57 Å². The highest BCUT2D eigenvalue weighted by Crippen LogP contribution is 2.25. The van der Waals surface area contributed by atoms with Gasteiger partial charge in [-0.3, -0.25) is 4.79 Å². The zero-order valence-electron chi connectivity index (χ0n) is 15.5. The number of hydrogen-bond acceptors (Lipinski definition) is 2. The maximum atomic E-state index is 13.0. The Morgan fingerprint density at radius 2 is 1.88 bits per heavy atom. The first-order chi connectivity index (χ1) is 11.7. The molecule has 0 radical (unpaired) electrons. The molecule has 0 atom stereocenters. The molecule has 5 heteroatoms. The molecule has 25 heavy (non-hydrogen) atoms. The van der Waals surface area contributed by atoms with Crippen LogP contribution in [-0.2, 0) is 7.05 Å². The standard InChI is InChI=1S/C20H26N4O/c1-6-14-10-17(19(25)24(5)18(14)9-12(2)3)16-11-15(23-20(21)22)8-7-13(16)4/h6-12H,1-5H3,(H4,21,22,23)/b14-6-,18-9+. The fraction of sp³-hybridized carbons (Fsp3) is 0.300. The lowest BCUT2D eigenvalue weighted by molar-refractivity contribution is 0.796. The van der Waals surface area contributed by atoms with Crippen LogP contribution in [0.1, 0.15) is 26.3 Å². The first-order valence-electron chi connectivity index (χ1n) is 8.33. The molecule has 5 nitrogen and oxygen atoms in total. The lowest BCUT2D eigenvalue weighted by Gasteiger charge is -2.11. The van der Waals surface area contributed by atoms with Gasteiger partial charge in [0.2, 0.25) is 0 Å². The van der Waals surface area contributed by atoms with Crippen LogP contribution in [0.15, 0.2) is 34.1 Å². The number of aromatic nitrogens is 1. The van der Waals surface area contributed by atoms with E-state index in [4.69, 9.17) is 11.5 Å². The number of rotatable bonds is 3. The maximum absolute atomic E-state index is 13.0. The Morgan fingerprint density at radius 1 is 1.20 bits per heavy atom. The molecular weight excluding hydrogens is 312 g/mol. The van der Waals surface area contributed by atoms with Crippen LogP contribution < -0.4 is 27.6 Å². The summed E-state index contributed by atoms with van der Waals surface area (Å²) >= 11 is 0. The van der Waals surface area contributed by atoms with Crippen LogP contribution in [0.25, 0.3) is 23.3 Å². The average Bonchev–Trinajstić information content (AvgIpc) is 2.53. The Kier molecular flexibility index (Phi) is 5.47. The lowest BCUT2D eigenvalue weighted by Crippen LogP contribution is -2.42. The van der Waals surface area contributed by atoms with E-state index in [2.05, 4.69) is 24.9 Å². The van der Waals surface area contributed by atoms with E-state index in [0.717, 1.165) is 21.7 Å². The van der Waals surface area contributed by atoms with Gasteiger partial charge in [0.25, 0.3) is 5.56 Å². The van der Waals surface area contributed by atoms with Crippen molar-refractivity contribution in [2.24, 2.45) is 29.4 Å². The van der Waals surface area contributed by atoms with E-state index in [-0.39, 0.29) is 11.5 Å². The summed E-state index contributed by atoms with van der Waals surface area (Å²) in [4.78, 5) is 17.1. The second-order valence-corrected chi connectivity index (χ2v) is 6.50. The second kappa shape index (κ2) is 7.38. The molecule has 0 saturated carbocycles. The molecular formula is C20H26N4O. The van der Waals surface area contributed by atoms with Gasteiger partial charge in [0, 0.05) is 18.0 Å². The smallest absolute Gasteiger partial charge is 0.258 e. The van der Waals surface area contributed by atoms with Crippen LogP contribution >= 0.6 is 0 Å². The van der Waals surface area contributed by atoms with Crippen molar-refractivity contribution >= 4 is 23.8 Å². The molecule has 2 rings (SSSR count). The topological polar surface area (TPSA) is 86.4 Å². The largest absolute Gasteiger partial charge is 0.370 e. The summed E-state index contributed by atoms with van der Waals surface area (Å²) in [6.45, 7) is 8.14. The van der Waals surface area contributed by atoms with Gasteiger partial charge in [-0.25, -0.2) is 4.99 Å². The van der Waals surface area contributed by atoms with Gasteiger partial charge in [-0.05, 0) is 54.3 Å². The third-order valence-corrected chi connectivity index (χ3v) is 4.06. The van der Waals surface area contributed by atoms with Crippen LogP contribution in [-0.4, -0.2) is 10.5 Å². The Morgan fingerprint density at radius 3 is 2.44 bits per heavy atom. The van der Waals surface area contributed by atoms with Gasteiger partial charge >= 0.3 is 0 Å². The van der Waals surface area contributed by atoms with Gasteiger partial charge in [-0.1, -0.05) is 32.1 Å². The van der Waals surface area contributed by atoms with E-state index >= 15 is 0 Å². The Hall–Kier alpha value is -2.82. The summed E-state index contributed by atoms with van der Waals surface area (Å²) in [5.74, 6) is 0.342. The zero-order chi connectivity index (χ0) is 18.7. The number of nitrogens with two attached hydrogens (primary N) is 2. The first kappa shape index (κ1) is 18.5. The number of aryl methyl sites for hydroxylation is 1. The summed E-state index contributed by atoms with van der Waals surface area (Å²) in [6.07, 6.45) is 4.12. The molecule has 2 aromatic rings. The Balaban J connectivity index is 2.85. The summed E-state index contributed by atoms with van der Waals surface area (Å²) in [5, 5.41) is 1.96. The fourth-order valence-electron chi connectivity index (χ4n) is 2.84. The molecule has 0 saturated heterocycles. The number of pyridine rings is 1. The van der Waals surface area contributed by atoms with Crippen molar-refractivity contribution < 1.29 is 0 Å². The molecule has 0 spiro atoms. The number of hydrogen-bond donors (Lipinski definition) is 2. The monoisotopic (exact) mass is 338 g/mol. The van der Waals surface area contributed by atoms with Crippen LogP contribution in [0.5, 0.6) is 0 Å². The van der Waals surface area contributed by atoms with Crippen molar-refractivity contribution in [3.63, 3.8) is 0 Å². The van der Waals surface area contributed by atoms with Crippen molar-refractivity contribution in [1.29, 1.82) is 0 Å². The van der Waals surface area contributed by atoms with Crippen molar-refractivity contribution in [3.05, 3.63) is 50.8 Å². The van der Waals surface area contributed by atoms with Crippen LogP contribution in [0.3, 0.4) is 0 Å². The molecule has 4 N–H and O–H groups in total. The Bertz CT molecular complexity index is 994. The quantitative estimate of drug-likeness (QED) is 0.657. The summed E-state index contributed by atoms with van der Waals surface area (Å²) in [7, 11) is 1.81. The van der Waals surface area contributed by atoms with Crippen molar-refractivity contribution in [3.8, 4) is 11.1 Å². The molecule has 0 aliphatic heterocycles. The van der Waals surface area contributed by atoms with Crippen molar-refractivity contribution in [2.45, 2.75) is 27.7 Å². The normalized spacial score (nSPS) is 12.7. The second-order valence-electron chi connectivity index (χ2n) is 6.50. The van der Waals surface area contributed by atoms with E-state index in [1.165, 1.54) is 0 Å². The van der Waals surface area contributed by atoms with E-state index in [1.54, 1.807) is 4.57 Å². The molecule has 0 fully saturated rings. The highest BCUT2D eigenvalue weighted by atomic mass is 16.1. The first-order valence-corrected chi connectivity index (χ1v) is 8.33. The molecule has 0 aliphatic carbocycles. The minimum Gasteiger partial charge on any atom is -0.370 e. The van der Waals surface area contributed by atoms with Gasteiger partial charge < -0.3 is 16.0 Å². The van der Waals surface area contributed by atoms with Gasteiger partial charge in [0.05, 0.1) is 5.69 Å². The summed E-state index contributed by atoms with van der Waals surface area (Å²) < 4.78 is 1.71.